The van der Waals surface area contributed by atoms with Gasteiger partial charge in [0.2, 0.25) is 0 Å². The van der Waals surface area contributed by atoms with E-state index in [9.17, 15) is 4.79 Å². The lowest BCUT2D eigenvalue weighted by Crippen LogP contribution is -2.48. The Hall–Kier alpha value is -1.40. The second kappa shape index (κ2) is 5.09. The Labute approximate surface area is 94.0 Å². The highest BCUT2D eigenvalue weighted by Gasteiger charge is 2.25. The molecule has 1 atom stereocenters. The highest BCUT2D eigenvalue weighted by Crippen LogP contribution is 2.08. The van der Waals surface area contributed by atoms with E-state index in [0.29, 0.717) is 25.4 Å². The number of carbonyl (C=O) groups is 1. The average molecular weight is 224 g/mol. The van der Waals surface area contributed by atoms with E-state index in [1.54, 1.807) is 11.1 Å². The number of imidazole rings is 1. The lowest BCUT2D eigenvalue weighted by molar-refractivity contribution is -0.0197. The molecule has 0 saturated carbocycles. The summed E-state index contributed by atoms with van der Waals surface area (Å²) in [6, 6.07) is 0. The number of carbonyl (C=O) groups excluding carboxylic acids is 1. The standard InChI is InChI=1S/C10H16N4O2/c1-11-4-8-6-14(2-3-16-8)10(15)9-5-12-7-13-9/h5,7-8,11H,2-4,6H2,1H3,(H,12,13). The fourth-order valence-corrected chi connectivity index (χ4v) is 1.80. The monoisotopic (exact) mass is 224 g/mol. The Bertz CT molecular complexity index is 337. The van der Waals surface area contributed by atoms with E-state index in [1.165, 1.54) is 6.33 Å². The summed E-state index contributed by atoms with van der Waals surface area (Å²) in [7, 11) is 1.87. The first-order valence-corrected chi connectivity index (χ1v) is 5.35. The molecule has 1 amide bonds. The molecule has 1 aromatic rings. The third-order valence-corrected chi connectivity index (χ3v) is 2.59. The predicted molar refractivity (Wildman–Crippen MR) is 58.2 cm³/mol. The number of amides is 1. The van der Waals surface area contributed by atoms with Crippen molar-refractivity contribution in [2.24, 2.45) is 0 Å². The first-order valence-electron chi connectivity index (χ1n) is 5.35. The summed E-state index contributed by atoms with van der Waals surface area (Å²) in [6.45, 7) is 2.61. The van der Waals surface area contributed by atoms with Gasteiger partial charge in [0.1, 0.15) is 5.69 Å². The number of nitrogens with zero attached hydrogens (tertiary/aromatic N) is 2. The van der Waals surface area contributed by atoms with E-state index in [-0.39, 0.29) is 12.0 Å². The molecule has 0 bridgehead atoms. The number of H-pyrrole nitrogens is 1. The Kier molecular flexibility index (Phi) is 3.53. The van der Waals surface area contributed by atoms with Crippen molar-refractivity contribution in [2.45, 2.75) is 6.10 Å². The summed E-state index contributed by atoms with van der Waals surface area (Å²) in [4.78, 5) is 20.4. The van der Waals surface area contributed by atoms with Crippen LogP contribution in [-0.4, -0.2) is 60.2 Å². The fourth-order valence-electron chi connectivity index (χ4n) is 1.80. The Morgan fingerprint density at radius 2 is 2.69 bits per heavy atom. The molecule has 1 aliphatic heterocycles. The molecule has 2 rings (SSSR count). The molecule has 0 spiro atoms. The van der Waals surface area contributed by atoms with Crippen LogP contribution in [0.3, 0.4) is 0 Å². The van der Waals surface area contributed by atoms with Crippen LogP contribution in [-0.2, 0) is 4.74 Å². The van der Waals surface area contributed by atoms with Crippen molar-refractivity contribution in [3.63, 3.8) is 0 Å². The van der Waals surface area contributed by atoms with Gasteiger partial charge in [-0.05, 0) is 7.05 Å². The molecule has 1 saturated heterocycles. The maximum Gasteiger partial charge on any atom is 0.272 e. The van der Waals surface area contributed by atoms with Gasteiger partial charge in [0.25, 0.3) is 5.91 Å². The van der Waals surface area contributed by atoms with Gasteiger partial charge in [-0.2, -0.15) is 0 Å². The Balaban J connectivity index is 1.96. The zero-order valence-electron chi connectivity index (χ0n) is 9.27. The van der Waals surface area contributed by atoms with E-state index in [4.69, 9.17) is 4.74 Å². The second-order valence-corrected chi connectivity index (χ2v) is 3.77. The van der Waals surface area contributed by atoms with Crippen LogP contribution in [0.25, 0.3) is 0 Å². The summed E-state index contributed by atoms with van der Waals surface area (Å²) < 4.78 is 5.53. The number of aromatic nitrogens is 2. The van der Waals surface area contributed by atoms with Crippen LogP contribution in [0.5, 0.6) is 0 Å². The van der Waals surface area contributed by atoms with Gasteiger partial charge in [-0.25, -0.2) is 4.98 Å². The summed E-state index contributed by atoms with van der Waals surface area (Å²) in [5.41, 5.74) is 0.533. The number of rotatable bonds is 3. The molecule has 2 N–H and O–H groups in total. The quantitative estimate of drug-likeness (QED) is 0.724. The third-order valence-electron chi connectivity index (χ3n) is 2.59. The molecule has 1 aliphatic rings. The molecular formula is C10H16N4O2. The predicted octanol–water partition coefficient (Wildman–Crippen LogP) is -0.530. The van der Waals surface area contributed by atoms with Gasteiger partial charge in [-0.3, -0.25) is 4.79 Å². The first-order chi connectivity index (χ1) is 7.81. The number of morpholine rings is 1. The molecule has 1 aromatic heterocycles. The summed E-state index contributed by atoms with van der Waals surface area (Å²) >= 11 is 0. The number of hydrogen-bond acceptors (Lipinski definition) is 4. The summed E-state index contributed by atoms with van der Waals surface area (Å²) in [5.74, 6) is -0.0121. The molecule has 16 heavy (non-hydrogen) atoms. The minimum atomic E-state index is -0.0121. The highest BCUT2D eigenvalue weighted by molar-refractivity contribution is 5.92. The van der Waals surface area contributed by atoms with E-state index in [2.05, 4.69) is 15.3 Å². The van der Waals surface area contributed by atoms with Crippen molar-refractivity contribution in [2.75, 3.05) is 33.3 Å². The van der Waals surface area contributed by atoms with Crippen LogP contribution in [0, 0.1) is 0 Å². The minimum Gasteiger partial charge on any atom is -0.373 e. The number of ether oxygens (including phenoxy) is 1. The van der Waals surface area contributed by atoms with Crippen LogP contribution in [0.15, 0.2) is 12.5 Å². The van der Waals surface area contributed by atoms with Gasteiger partial charge < -0.3 is 19.9 Å². The maximum absolute atomic E-state index is 12.0. The van der Waals surface area contributed by atoms with Crippen LogP contribution in [0.4, 0.5) is 0 Å². The van der Waals surface area contributed by atoms with Crippen LogP contribution in [0.2, 0.25) is 0 Å². The molecule has 2 heterocycles. The molecular weight excluding hydrogens is 208 g/mol. The van der Waals surface area contributed by atoms with Crippen molar-refractivity contribution in [3.8, 4) is 0 Å². The summed E-state index contributed by atoms with van der Waals surface area (Å²) in [5, 5.41) is 3.05. The first kappa shape index (κ1) is 11.1. The van der Waals surface area contributed by atoms with Gasteiger partial charge in [0.05, 0.1) is 25.2 Å². The number of hydrogen-bond donors (Lipinski definition) is 2. The molecule has 0 aromatic carbocycles. The molecule has 88 valence electrons. The minimum absolute atomic E-state index is 0.0121. The topological polar surface area (TPSA) is 70.2 Å². The highest BCUT2D eigenvalue weighted by atomic mass is 16.5. The Morgan fingerprint density at radius 1 is 1.81 bits per heavy atom. The van der Waals surface area contributed by atoms with Gasteiger partial charge in [0, 0.05) is 19.6 Å². The van der Waals surface area contributed by atoms with Gasteiger partial charge in [-0.1, -0.05) is 0 Å². The van der Waals surface area contributed by atoms with Crippen LogP contribution >= 0.6 is 0 Å². The number of likely N-dealkylation sites (N-methyl/N-ethyl adjacent to an activating group) is 1. The van der Waals surface area contributed by atoms with Crippen molar-refractivity contribution in [3.05, 3.63) is 18.2 Å². The second-order valence-electron chi connectivity index (χ2n) is 3.77. The SMILES string of the molecule is CNCC1CN(C(=O)c2cnc[nH]2)CCO1. The normalized spacial score (nSPS) is 21.1. The number of aromatic amines is 1. The molecule has 0 aliphatic carbocycles. The Morgan fingerprint density at radius 3 is 3.38 bits per heavy atom. The maximum atomic E-state index is 12.0. The van der Waals surface area contributed by atoms with Crippen molar-refractivity contribution < 1.29 is 9.53 Å². The van der Waals surface area contributed by atoms with Gasteiger partial charge in [0.15, 0.2) is 0 Å². The van der Waals surface area contributed by atoms with E-state index >= 15 is 0 Å². The lowest BCUT2D eigenvalue weighted by atomic mass is 10.2. The molecule has 6 nitrogen and oxygen atoms in total. The molecule has 0 radical (unpaired) electrons. The zero-order chi connectivity index (χ0) is 11.4. The van der Waals surface area contributed by atoms with Crippen LogP contribution < -0.4 is 5.32 Å². The molecule has 1 fully saturated rings. The summed E-state index contributed by atoms with van der Waals surface area (Å²) in [6.07, 6.45) is 3.13. The van der Waals surface area contributed by atoms with Crippen LogP contribution in [0.1, 0.15) is 10.5 Å². The lowest BCUT2D eigenvalue weighted by Gasteiger charge is -2.32. The third kappa shape index (κ3) is 2.40. The molecule has 6 heteroatoms. The van der Waals surface area contributed by atoms with Crippen molar-refractivity contribution in [1.82, 2.24) is 20.2 Å². The molecule has 1 unspecified atom stereocenters. The van der Waals surface area contributed by atoms with Crippen molar-refractivity contribution in [1.29, 1.82) is 0 Å². The van der Waals surface area contributed by atoms with Gasteiger partial charge >= 0.3 is 0 Å². The fraction of sp³-hybridized carbons (Fsp3) is 0.600. The van der Waals surface area contributed by atoms with E-state index in [0.717, 1.165) is 6.54 Å². The van der Waals surface area contributed by atoms with Gasteiger partial charge in [-0.15, -0.1) is 0 Å². The smallest absolute Gasteiger partial charge is 0.272 e. The average Bonchev–Trinajstić information content (AvgIpc) is 2.82. The van der Waals surface area contributed by atoms with E-state index < -0.39 is 0 Å². The van der Waals surface area contributed by atoms with Crippen molar-refractivity contribution >= 4 is 5.91 Å². The zero-order valence-corrected chi connectivity index (χ0v) is 9.27. The number of nitrogens with one attached hydrogen (secondary N) is 2. The largest absolute Gasteiger partial charge is 0.373 e. The van der Waals surface area contributed by atoms with E-state index in [1.807, 2.05) is 7.05 Å².